The number of Topliss-reactive ketones (excluding diaryl/α,β-unsaturated/α-hetero) is 1. The highest BCUT2D eigenvalue weighted by Crippen LogP contribution is 2.22. The van der Waals surface area contributed by atoms with Gasteiger partial charge in [-0.15, -0.1) is 0 Å². The first kappa shape index (κ1) is 14.3. The number of amides is 1. The topological polar surface area (TPSA) is 62.0 Å². The molecule has 1 aromatic carbocycles. The lowest BCUT2D eigenvalue weighted by atomic mass is 10.1. The van der Waals surface area contributed by atoms with Gasteiger partial charge in [-0.3, -0.25) is 9.59 Å². The average Bonchev–Trinajstić information content (AvgIpc) is 2.78. The van der Waals surface area contributed by atoms with Gasteiger partial charge in [-0.1, -0.05) is 38.0 Å². The van der Waals surface area contributed by atoms with E-state index in [1.807, 2.05) is 31.2 Å². The van der Waals surface area contributed by atoms with Crippen LogP contribution in [-0.4, -0.2) is 23.2 Å². The summed E-state index contributed by atoms with van der Waals surface area (Å²) < 4.78 is 0. The first-order valence-electron chi connectivity index (χ1n) is 7.05. The molecule has 0 aliphatic carbocycles. The van der Waals surface area contributed by atoms with Crippen LogP contribution in [0.25, 0.3) is 10.9 Å². The Hall–Kier alpha value is -2.10. The molecule has 2 rings (SSSR count). The Morgan fingerprint density at radius 2 is 1.95 bits per heavy atom. The maximum Gasteiger partial charge on any atom is 0.292 e. The molecule has 0 atom stereocenters. The van der Waals surface area contributed by atoms with E-state index in [9.17, 15) is 9.59 Å². The minimum atomic E-state index is -0.519. The summed E-state index contributed by atoms with van der Waals surface area (Å²) in [6.45, 7) is 4.47. The standard InChI is InChI=1S/C16H20N2O2/c1-3-4-7-10-17-16(20)15(19)14-11(2)18-13-9-6-5-8-12(13)14/h5-6,8-9,18H,3-4,7,10H2,1-2H3,(H,17,20). The van der Waals surface area contributed by atoms with Crippen LogP contribution in [0.5, 0.6) is 0 Å². The van der Waals surface area contributed by atoms with E-state index in [4.69, 9.17) is 0 Å². The van der Waals surface area contributed by atoms with E-state index >= 15 is 0 Å². The number of carbonyl (C=O) groups is 2. The highest BCUT2D eigenvalue weighted by Gasteiger charge is 2.21. The Kier molecular flexibility index (Phi) is 4.56. The maximum atomic E-state index is 12.3. The third-order valence-electron chi connectivity index (χ3n) is 3.39. The Bertz CT molecular complexity index is 628. The summed E-state index contributed by atoms with van der Waals surface area (Å²) in [6.07, 6.45) is 3.05. The number of hydrogen-bond acceptors (Lipinski definition) is 2. The summed E-state index contributed by atoms with van der Waals surface area (Å²) in [5, 5.41) is 3.50. The van der Waals surface area contributed by atoms with Gasteiger partial charge in [0.1, 0.15) is 0 Å². The molecule has 4 heteroatoms. The van der Waals surface area contributed by atoms with Gasteiger partial charge in [0, 0.05) is 23.1 Å². The van der Waals surface area contributed by atoms with Crippen molar-refractivity contribution in [2.45, 2.75) is 33.1 Å². The average molecular weight is 272 g/mol. The molecule has 0 unspecified atom stereocenters. The molecule has 1 heterocycles. The number of para-hydroxylation sites is 1. The summed E-state index contributed by atoms with van der Waals surface area (Å²) in [4.78, 5) is 27.3. The summed E-state index contributed by atoms with van der Waals surface area (Å²) >= 11 is 0. The predicted octanol–water partition coefficient (Wildman–Crippen LogP) is 2.97. The number of aromatic amines is 1. The fourth-order valence-electron chi connectivity index (χ4n) is 2.34. The summed E-state index contributed by atoms with van der Waals surface area (Å²) in [6, 6.07) is 7.53. The number of unbranched alkanes of at least 4 members (excludes halogenated alkanes) is 2. The van der Waals surface area contributed by atoms with Crippen molar-refractivity contribution in [2.24, 2.45) is 0 Å². The lowest BCUT2D eigenvalue weighted by Gasteiger charge is -2.04. The van der Waals surface area contributed by atoms with Crippen molar-refractivity contribution in [1.29, 1.82) is 0 Å². The SMILES string of the molecule is CCCCCNC(=O)C(=O)c1c(C)[nH]c2ccccc12. The van der Waals surface area contributed by atoms with Gasteiger partial charge in [-0.2, -0.15) is 0 Å². The Labute approximate surface area is 118 Å². The van der Waals surface area contributed by atoms with E-state index in [-0.39, 0.29) is 0 Å². The molecular weight excluding hydrogens is 252 g/mol. The third kappa shape index (κ3) is 2.90. The molecule has 0 spiro atoms. The normalized spacial score (nSPS) is 10.7. The van der Waals surface area contributed by atoms with Crippen molar-refractivity contribution in [3.63, 3.8) is 0 Å². The Morgan fingerprint density at radius 3 is 2.70 bits per heavy atom. The van der Waals surface area contributed by atoms with Crippen LogP contribution in [0.1, 0.15) is 42.2 Å². The van der Waals surface area contributed by atoms with Crippen LogP contribution in [0.3, 0.4) is 0 Å². The Balaban J connectivity index is 2.15. The minimum absolute atomic E-state index is 0.462. The minimum Gasteiger partial charge on any atom is -0.358 e. The van der Waals surface area contributed by atoms with Crippen molar-refractivity contribution >= 4 is 22.6 Å². The number of rotatable bonds is 6. The van der Waals surface area contributed by atoms with Gasteiger partial charge in [0.25, 0.3) is 11.7 Å². The second-order valence-corrected chi connectivity index (χ2v) is 4.96. The molecule has 0 bridgehead atoms. The van der Waals surface area contributed by atoms with E-state index in [0.29, 0.717) is 12.1 Å². The quantitative estimate of drug-likeness (QED) is 0.482. The van der Waals surface area contributed by atoms with Crippen molar-refractivity contribution in [3.05, 3.63) is 35.5 Å². The zero-order valence-electron chi connectivity index (χ0n) is 12.0. The molecule has 0 saturated carbocycles. The van der Waals surface area contributed by atoms with Gasteiger partial charge in [0.15, 0.2) is 0 Å². The van der Waals surface area contributed by atoms with Gasteiger partial charge in [0.05, 0.1) is 5.56 Å². The molecule has 20 heavy (non-hydrogen) atoms. The van der Waals surface area contributed by atoms with Crippen molar-refractivity contribution in [1.82, 2.24) is 10.3 Å². The van der Waals surface area contributed by atoms with Crippen LogP contribution in [0.15, 0.2) is 24.3 Å². The van der Waals surface area contributed by atoms with Crippen LogP contribution in [0, 0.1) is 6.92 Å². The fourth-order valence-corrected chi connectivity index (χ4v) is 2.34. The molecule has 4 nitrogen and oxygen atoms in total. The number of aromatic nitrogens is 1. The monoisotopic (exact) mass is 272 g/mol. The Morgan fingerprint density at radius 1 is 1.20 bits per heavy atom. The van der Waals surface area contributed by atoms with Crippen LogP contribution in [-0.2, 0) is 4.79 Å². The van der Waals surface area contributed by atoms with Crippen molar-refractivity contribution in [3.8, 4) is 0 Å². The number of H-pyrrole nitrogens is 1. The largest absolute Gasteiger partial charge is 0.358 e. The summed E-state index contributed by atoms with van der Waals surface area (Å²) in [5.41, 5.74) is 2.10. The molecule has 1 amide bonds. The highest BCUT2D eigenvalue weighted by atomic mass is 16.2. The van der Waals surface area contributed by atoms with Crippen molar-refractivity contribution < 1.29 is 9.59 Å². The van der Waals surface area contributed by atoms with Gasteiger partial charge < -0.3 is 10.3 Å². The molecular formula is C16H20N2O2. The van der Waals surface area contributed by atoms with Crippen molar-refractivity contribution in [2.75, 3.05) is 6.54 Å². The number of carbonyl (C=O) groups excluding carboxylic acids is 2. The molecule has 0 aliphatic rings. The van der Waals surface area contributed by atoms with Crippen LogP contribution < -0.4 is 5.32 Å². The lowest BCUT2D eigenvalue weighted by Crippen LogP contribution is -2.32. The van der Waals surface area contributed by atoms with E-state index in [0.717, 1.165) is 35.9 Å². The van der Waals surface area contributed by atoms with Gasteiger partial charge in [-0.05, 0) is 19.4 Å². The fraction of sp³-hybridized carbons (Fsp3) is 0.375. The van der Waals surface area contributed by atoms with Gasteiger partial charge >= 0.3 is 0 Å². The third-order valence-corrected chi connectivity index (χ3v) is 3.39. The van der Waals surface area contributed by atoms with Gasteiger partial charge in [0.2, 0.25) is 0 Å². The van der Waals surface area contributed by atoms with Crippen LogP contribution >= 0.6 is 0 Å². The highest BCUT2D eigenvalue weighted by molar-refractivity contribution is 6.45. The molecule has 0 fully saturated rings. The summed E-state index contributed by atoms with van der Waals surface area (Å²) in [5.74, 6) is -0.981. The molecule has 1 aromatic heterocycles. The maximum absolute atomic E-state index is 12.3. The lowest BCUT2D eigenvalue weighted by molar-refractivity contribution is -0.117. The second-order valence-electron chi connectivity index (χ2n) is 4.96. The number of ketones is 1. The second kappa shape index (κ2) is 6.37. The van der Waals surface area contributed by atoms with Gasteiger partial charge in [-0.25, -0.2) is 0 Å². The van der Waals surface area contributed by atoms with E-state index < -0.39 is 11.7 Å². The van der Waals surface area contributed by atoms with Crippen LogP contribution in [0.2, 0.25) is 0 Å². The number of aryl methyl sites for hydroxylation is 1. The molecule has 106 valence electrons. The number of fused-ring (bicyclic) bond motifs is 1. The van der Waals surface area contributed by atoms with E-state index in [1.54, 1.807) is 0 Å². The first-order chi connectivity index (χ1) is 9.65. The molecule has 2 N–H and O–H groups in total. The van der Waals surface area contributed by atoms with E-state index in [1.165, 1.54) is 0 Å². The molecule has 0 aliphatic heterocycles. The summed E-state index contributed by atoms with van der Waals surface area (Å²) in [7, 11) is 0. The number of benzene rings is 1. The smallest absolute Gasteiger partial charge is 0.292 e. The number of nitrogens with one attached hydrogen (secondary N) is 2. The molecule has 0 saturated heterocycles. The first-order valence-corrected chi connectivity index (χ1v) is 7.05. The number of hydrogen-bond donors (Lipinski definition) is 2. The predicted molar refractivity (Wildman–Crippen MR) is 79.9 cm³/mol. The molecule has 0 radical (unpaired) electrons. The zero-order chi connectivity index (χ0) is 14.5. The van der Waals surface area contributed by atoms with E-state index in [2.05, 4.69) is 17.2 Å². The van der Waals surface area contributed by atoms with Crippen LogP contribution in [0.4, 0.5) is 0 Å². The zero-order valence-corrected chi connectivity index (χ0v) is 12.0. The molecule has 2 aromatic rings.